The second-order valence-electron chi connectivity index (χ2n) is 9.16. The minimum atomic E-state index is 1.12. The van der Waals surface area contributed by atoms with E-state index in [2.05, 4.69) is 70.3 Å². The summed E-state index contributed by atoms with van der Waals surface area (Å²) in [6.45, 7) is 7.45. The Bertz CT molecular complexity index is 755. The van der Waals surface area contributed by atoms with E-state index >= 15 is 0 Å². The summed E-state index contributed by atoms with van der Waals surface area (Å²) < 4.78 is 0. The molecule has 3 nitrogen and oxygen atoms in total. The summed E-state index contributed by atoms with van der Waals surface area (Å²) in [6.07, 6.45) is 11.0. The van der Waals surface area contributed by atoms with Crippen LogP contribution in [0.4, 0.5) is 11.4 Å². The number of hydrogen-bond acceptors (Lipinski definition) is 4. The van der Waals surface area contributed by atoms with E-state index in [4.69, 9.17) is 0 Å². The number of unbranched alkanes of at least 4 members (excludes halogenated alkanes) is 7. The molecule has 168 valence electrons. The zero-order valence-corrected chi connectivity index (χ0v) is 20.1. The van der Waals surface area contributed by atoms with Gasteiger partial charge in [0, 0.05) is 42.5 Å². The summed E-state index contributed by atoms with van der Waals surface area (Å²) in [5, 5.41) is 0. The fraction of sp³-hybridized carbons (Fsp3) is 0.556. The number of anilines is 2. The van der Waals surface area contributed by atoms with Crippen LogP contribution >= 0.6 is 11.8 Å². The van der Waals surface area contributed by atoms with Gasteiger partial charge in [-0.3, -0.25) is 0 Å². The van der Waals surface area contributed by atoms with Crippen molar-refractivity contribution in [1.82, 2.24) is 9.80 Å². The minimum Gasteiger partial charge on any atom is -0.340 e. The van der Waals surface area contributed by atoms with Crippen LogP contribution < -0.4 is 4.90 Å². The number of fused-ring (bicyclic) bond motifs is 2. The molecule has 1 fully saturated rings. The third-order valence-electron chi connectivity index (χ3n) is 6.73. The molecule has 0 spiro atoms. The van der Waals surface area contributed by atoms with E-state index in [-0.39, 0.29) is 0 Å². The molecule has 0 N–H and O–H groups in total. The Hall–Kier alpha value is -1.49. The van der Waals surface area contributed by atoms with E-state index in [0.29, 0.717) is 0 Å². The zero-order chi connectivity index (χ0) is 21.3. The molecule has 31 heavy (non-hydrogen) atoms. The zero-order valence-electron chi connectivity index (χ0n) is 19.3. The molecule has 0 saturated carbocycles. The van der Waals surface area contributed by atoms with Gasteiger partial charge in [-0.25, -0.2) is 0 Å². The maximum atomic E-state index is 2.65. The molecule has 0 unspecified atom stereocenters. The predicted octanol–water partition coefficient (Wildman–Crippen LogP) is 6.66. The summed E-state index contributed by atoms with van der Waals surface area (Å²) in [5.74, 6) is 0. The van der Waals surface area contributed by atoms with Gasteiger partial charge in [-0.1, -0.05) is 74.6 Å². The lowest BCUT2D eigenvalue weighted by molar-refractivity contribution is 0.152. The molecule has 0 radical (unpaired) electrons. The van der Waals surface area contributed by atoms with Crippen molar-refractivity contribution in [3.05, 3.63) is 48.5 Å². The molecule has 2 aliphatic rings. The normalized spacial score (nSPS) is 16.9. The molecule has 4 heteroatoms. The van der Waals surface area contributed by atoms with Crippen LogP contribution in [0.3, 0.4) is 0 Å². The summed E-state index contributed by atoms with van der Waals surface area (Å²) in [7, 11) is 2.24. The quantitative estimate of drug-likeness (QED) is 0.364. The van der Waals surface area contributed by atoms with Gasteiger partial charge < -0.3 is 14.7 Å². The Morgan fingerprint density at radius 1 is 0.613 bits per heavy atom. The topological polar surface area (TPSA) is 9.72 Å². The highest BCUT2D eigenvalue weighted by Gasteiger charge is 2.22. The minimum absolute atomic E-state index is 1.12. The lowest BCUT2D eigenvalue weighted by Gasteiger charge is -2.32. The van der Waals surface area contributed by atoms with Crippen LogP contribution in [0, 0.1) is 0 Å². The number of piperazine rings is 1. The molecule has 4 rings (SSSR count). The lowest BCUT2D eigenvalue weighted by atomic mass is 10.1. The van der Waals surface area contributed by atoms with Crippen LogP contribution in [0.2, 0.25) is 0 Å². The van der Waals surface area contributed by atoms with E-state index in [1.165, 1.54) is 105 Å². The largest absolute Gasteiger partial charge is 0.340 e. The van der Waals surface area contributed by atoms with Crippen LogP contribution in [-0.4, -0.2) is 56.1 Å². The molecule has 0 aliphatic carbocycles. The highest BCUT2D eigenvalue weighted by molar-refractivity contribution is 7.99. The fourth-order valence-electron chi connectivity index (χ4n) is 4.76. The summed E-state index contributed by atoms with van der Waals surface area (Å²) in [5.41, 5.74) is 2.76. The molecule has 0 aromatic heterocycles. The van der Waals surface area contributed by atoms with Gasteiger partial charge in [-0.15, -0.1) is 0 Å². The van der Waals surface area contributed by atoms with Crippen molar-refractivity contribution in [3.63, 3.8) is 0 Å². The van der Waals surface area contributed by atoms with Crippen molar-refractivity contribution in [1.29, 1.82) is 0 Å². The Balaban J connectivity index is 1.09. The Morgan fingerprint density at radius 2 is 1.10 bits per heavy atom. The van der Waals surface area contributed by atoms with E-state index in [1.54, 1.807) is 0 Å². The predicted molar refractivity (Wildman–Crippen MR) is 135 cm³/mol. The SMILES string of the molecule is CN1CCN(CCCCCCCCCCN2c3ccccc3Sc3ccccc32)CC1. The van der Waals surface area contributed by atoms with Crippen LogP contribution in [0.1, 0.15) is 51.4 Å². The number of likely N-dealkylation sites (N-methyl/N-ethyl adjacent to an activating group) is 1. The first-order chi connectivity index (χ1) is 15.3. The highest BCUT2D eigenvalue weighted by Crippen LogP contribution is 2.47. The second kappa shape index (κ2) is 11.9. The summed E-state index contributed by atoms with van der Waals surface area (Å²) >= 11 is 1.91. The molecule has 2 heterocycles. The van der Waals surface area contributed by atoms with Gasteiger partial charge in [-0.2, -0.15) is 0 Å². The Morgan fingerprint density at radius 3 is 1.68 bits per heavy atom. The van der Waals surface area contributed by atoms with Crippen molar-refractivity contribution < 1.29 is 0 Å². The average molecular weight is 438 g/mol. The number of nitrogens with zero attached hydrogens (tertiary/aromatic N) is 3. The summed E-state index contributed by atoms with van der Waals surface area (Å²) in [6, 6.07) is 17.7. The second-order valence-corrected chi connectivity index (χ2v) is 10.2. The maximum absolute atomic E-state index is 2.65. The third kappa shape index (κ3) is 6.50. The van der Waals surface area contributed by atoms with Crippen LogP contribution in [0.15, 0.2) is 58.3 Å². The number of benzene rings is 2. The van der Waals surface area contributed by atoms with Crippen molar-refractivity contribution in [2.24, 2.45) is 0 Å². The standard InChI is InChI=1S/C27H39N3S/c1-28-20-22-29(23-21-28)18-12-6-4-2-3-5-7-13-19-30-24-14-8-10-16-26(24)31-27-17-11-9-15-25(27)30/h8-11,14-17H,2-7,12-13,18-23H2,1H3. The van der Waals surface area contributed by atoms with Gasteiger partial charge in [0.25, 0.3) is 0 Å². The molecule has 0 atom stereocenters. The van der Waals surface area contributed by atoms with Gasteiger partial charge >= 0.3 is 0 Å². The van der Waals surface area contributed by atoms with Crippen molar-refractivity contribution in [2.75, 3.05) is 51.2 Å². The first-order valence-electron chi connectivity index (χ1n) is 12.4. The lowest BCUT2D eigenvalue weighted by Crippen LogP contribution is -2.44. The van der Waals surface area contributed by atoms with Crippen LogP contribution in [0.25, 0.3) is 0 Å². The molecule has 0 bridgehead atoms. The Kier molecular flexibility index (Phi) is 8.74. The van der Waals surface area contributed by atoms with Crippen LogP contribution in [-0.2, 0) is 0 Å². The third-order valence-corrected chi connectivity index (χ3v) is 7.86. The first kappa shape index (κ1) is 22.7. The number of para-hydroxylation sites is 2. The molecule has 2 aromatic rings. The van der Waals surface area contributed by atoms with Gasteiger partial charge in [0.2, 0.25) is 0 Å². The maximum Gasteiger partial charge on any atom is 0.0552 e. The molecule has 0 amide bonds. The number of hydrogen-bond donors (Lipinski definition) is 0. The van der Waals surface area contributed by atoms with E-state index < -0.39 is 0 Å². The van der Waals surface area contributed by atoms with E-state index in [9.17, 15) is 0 Å². The average Bonchev–Trinajstić information content (AvgIpc) is 2.80. The van der Waals surface area contributed by atoms with Crippen molar-refractivity contribution >= 4 is 23.1 Å². The van der Waals surface area contributed by atoms with Gasteiger partial charge in [0.15, 0.2) is 0 Å². The van der Waals surface area contributed by atoms with Gasteiger partial charge in [0.1, 0.15) is 0 Å². The van der Waals surface area contributed by atoms with E-state index in [0.717, 1.165) is 6.54 Å². The Labute approximate surface area is 193 Å². The van der Waals surface area contributed by atoms with Gasteiger partial charge in [0.05, 0.1) is 11.4 Å². The monoisotopic (exact) mass is 437 g/mol. The molecule has 2 aliphatic heterocycles. The fourth-order valence-corrected chi connectivity index (χ4v) is 5.86. The highest BCUT2D eigenvalue weighted by atomic mass is 32.2. The first-order valence-corrected chi connectivity index (χ1v) is 13.2. The molecule has 1 saturated heterocycles. The molecule has 2 aromatic carbocycles. The number of rotatable bonds is 11. The summed E-state index contributed by atoms with van der Waals surface area (Å²) in [4.78, 5) is 10.4. The van der Waals surface area contributed by atoms with Gasteiger partial charge in [-0.05, 0) is 50.7 Å². The van der Waals surface area contributed by atoms with E-state index in [1.807, 2.05) is 11.8 Å². The molecular formula is C27H39N3S. The molecular weight excluding hydrogens is 398 g/mol. The van der Waals surface area contributed by atoms with Crippen LogP contribution in [0.5, 0.6) is 0 Å². The van der Waals surface area contributed by atoms with Crippen molar-refractivity contribution in [2.45, 2.75) is 61.2 Å². The van der Waals surface area contributed by atoms with Crippen molar-refractivity contribution in [3.8, 4) is 0 Å². The smallest absolute Gasteiger partial charge is 0.0552 e.